The Morgan fingerprint density at radius 3 is 2.88 bits per heavy atom. The zero-order valence-corrected chi connectivity index (χ0v) is 15.5. The highest BCUT2D eigenvalue weighted by Crippen LogP contribution is 2.38. The van der Waals surface area contributed by atoms with Crippen LogP contribution in [0.2, 0.25) is 0 Å². The number of fused-ring (bicyclic) bond motifs is 1. The molecule has 0 radical (unpaired) electrons. The first kappa shape index (κ1) is 15.9. The van der Waals surface area contributed by atoms with E-state index in [9.17, 15) is 4.79 Å². The van der Waals surface area contributed by atoms with Gasteiger partial charge in [0.15, 0.2) is 0 Å². The van der Waals surface area contributed by atoms with Crippen LogP contribution in [0.4, 0.5) is 0 Å². The third kappa shape index (κ3) is 2.43. The van der Waals surface area contributed by atoms with Crippen molar-refractivity contribution in [3.8, 4) is 0 Å². The number of amides is 1. The van der Waals surface area contributed by atoms with E-state index in [0.29, 0.717) is 12.1 Å². The molecule has 26 heavy (non-hydrogen) atoms. The van der Waals surface area contributed by atoms with E-state index in [-0.39, 0.29) is 5.91 Å². The van der Waals surface area contributed by atoms with Gasteiger partial charge in [0, 0.05) is 47.5 Å². The van der Waals surface area contributed by atoms with Gasteiger partial charge in [0.2, 0.25) is 0 Å². The van der Waals surface area contributed by atoms with Gasteiger partial charge in [-0.1, -0.05) is 6.07 Å². The Bertz CT molecular complexity index is 961. The van der Waals surface area contributed by atoms with Crippen LogP contribution < -0.4 is 0 Å². The third-order valence-electron chi connectivity index (χ3n) is 6.34. The average molecular weight is 347 g/mol. The summed E-state index contributed by atoms with van der Waals surface area (Å²) in [4.78, 5) is 20.3. The van der Waals surface area contributed by atoms with Crippen molar-refractivity contribution in [2.75, 3.05) is 6.54 Å². The maximum absolute atomic E-state index is 13.6. The zero-order chi connectivity index (χ0) is 17.8. The Morgan fingerprint density at radius 1 is 1.23 bits per heavy atom. The highest BCUT2D eigenvalue weighted by molar-refractivity contribution is 6.07. The molecule has 1 atom stereocenters. The fourth-order valence-corrected chi connectivity index (χ4v) is 4.63. The number of carbonyl (C=O) groups is 1. The van der Waals surface area contributed by atoms with Crippen LogP contribution in [0.15, 0.2) is 40.4 Å². The Labute approximate surface area is 154 Å². The molecule has 2 aliphatic carbocycles. The van der Waals surface area contributed by atoms with Crippen molar-refractivity contribution in [2.45, 2.75) is 51.1 Å². The van der Waals surface area contributed by atoms with E-state index < -0.39 is 0 Å². The zero-order valence-electron chi connectivity index (χ0n) is 15.5. The molecule has 1 aromatic carbocycles. The summed E-state index contributed by atoms with van der Waals surface area (Å²) in [6.07, 6.45) is 7.47. The van der Waals surface area contributed by atoms with Crippen LogP contribution in [-0.2, 0) is 7.05 Å². The largest absolute Gasteiger partial charge is 0.348 e. The van der Waals surface area contributed by atoms with Gasteiger partial charge < -0.3 is 9.47 Å². The summed E-state index contributed by atoms with van der Waals surface area (Å²) in [6, 6.07) is 9.02. The Hall–Kier alpha value is -2.36. The molecule has 1 unspecified atom stereocenters. The lowest BCUT2D eigenvalue weighted by atomic mass is 9.88. The maximum Gasteiger partial charge on any atom is 0.255 e. The first-order valence-electron chi connectivity index (χ1n) is 9.72. The van der Waals surface area contributed by atoms with Crippen molar-refractivity contribution in [3.05, 3.63) is 46.7 Å². The van der Waals surface area contributed by atoms with Crippen molar-refractivity contribution in [1.29, 1.82) is 0 Å². The molecule has 1 saturated carbocycles. The van der Waals surface area contributed by atoms with Gasteiger partial charge in [0.05, 0.1) is 6.54 Å². The molecular weight excluding hydrogens is 322 g/mol. The lowest BCUT2D eigenvalue weighted by molar-refractivity contribution is 0.0647. The van der Waals surface area contributed by atoms with E-state index in [2.05, 4.69) is 40.6 Å². The number of carbonyl (C=O) groups excluding carboxylic acids is 1. The molecule has 2 aromatic rings. The SMILES string of the molecule is Cc1cc2c(C(=O)N(C3CC3)C3CCC4=C(C=NC4)C3)cccc2n1C. The molecule has 1 amide bonds. The van der Waals surface area contributed by atoms with Crippen LogP contribution in [-0.4, -0.2) is 40.2 Å². The highest BCUT2D eigenvalue weighted by atomic mass is 16.2. The molecule has 0 saturated heterocycles. The van der Waals surface area contributed by atoms with Crippen LogP contribution in [0.5, 0.6) is 0 Å². The molecule has 0 N–H and O–H groups in total. The minimum absolute atomic E-state index is 0.215. The standard InChI is InChI=1S/C22H25N3O/c1-14-10-20-19(4-3-5-21(20)24(14)2)22(26)25(17-8-9-17)18-7-6-15-12-23-13-16(15)11-18/h3-5,10,13,17-18H,6-9,11-12H2,1-2H3. The number of aromatic nitrogens is 1. The number of aryl methyl sites for hydroxylation is 2. The van der Waals surface area contributed by atoms with Gasteiger partial charge in [-0.05, 0) is 68.4 Å². The first-order chi connectivity index (χ1) is 12.6. The lowest BCUT2D eigenvalue weighted by Crippen LogP contribution is -2.43. The van der Waals surface area contributed by atoms with Crippen molar-refractivity contribution in [1.82, 2.24) is 9.47 Å². The average Bonchev–Trinajstić information content (AvgIpc) is 3.28. The van der Waals surface area contributed by atoms with E-state index in [0.717, 1.165) is 55.1 Å². The molecule has 5 rings (SSSR count). The molecule has 2 heterocycles. The van der Waals surface area contributed by atoms with Gasteiger partial charge in [-0.2, -0.15) is 0 Å². The molecule has 1 fully saturated rings. The summed E-state index contributed by atoms with van der Waals surface area (Å²) in [5.41, 5.74) is 6.06. The van der Waals surface area contributed by atoms with Crippen LogP contribution >= 0.6 is 0 Å². The second-order valence-corrected chi connectivity index (χ2v) is 8.02. The predicted molar refractivity (Wildman–Crippen MR) is 105 cm³/mol. The summed E-state index contributed by atoms with van der Waals surface area (Å²) < 4.78 is 2.17. The number of aliphatic imine (C=N–C) groups is 1. The normalized spacial score (nSPS) is 22.2. The molecule has 0 spiro atoms. The Kier molecular flexibility index (Phi) is 3.56. The van der Waals surface area contributed by atoms with Crippen molar-refractivity contribution >= 4 is 23.0 Å². The summed E-state index contributed by atoms with van der Waals surface area (Å²) in [7, 11) is 2.07. The quantitative estimate of drug-likeness (QED) is 0.826. The van der Waals surface area contributed by atoms with Crippen LogP contribution in [0, 0.1) is 6.92 Å². The summed E-state index contributed by atoms with van der Waals surface area (Å²) in [6.45, 7) is 2.98. The van der Waals surface area contributed by atoms with Gasteiger partial charge in [-0.25, -0.2) is 0 Å². The molecule has 0 bridgehead atoms. The van der Waals surface area contributed by atoms with E-state index in [1.807, 2.05) is 18.3 Å². The van der Waals surface area contributed by atoms with Gasteiger partial charge in [0.25, 0.3) is 5.91 Å². The highest BCUT2D eigenvalue weighted by Gasteiger charge is 2.40. The van der Waals surface area contributed by atoms with Gasteiger partial charge in [-0.15, -0.1) is 0 Å². The van der Waals surface area contributed by atoms with Gasteiger partial charge >= 0.3 is 0 Å². The predicted octanol–water partition coefficient (Wildman–Crippen LogP) is 4.02. The number of hydrogen-bond donors (Lipinski definition) is 0. The second-order valence-electron chi connectivity index (χ2n) is 8.02. The molecule has 3 aliphatic rings. The Morgan fingerprint density at radius 2 is 2.08 bits per heavy atom. The molecular formula is C22H25N3O. The molecule has 4 nitrogen and oxygen atoms in total. The van der Waals surface area contributed by atoms with Crippen LogP contribution in [0.25, 0.3) is 10.9 Å². The van der Waals surface area contributed by atoms with Crippen LogP contribution in [0.3, 0.4) is 0 Å². The van der Waals surface area contributed by atoms with Crippen molar-refractivity contribution < 1.29 is 4.79 Å². The van der Waals surface area contributed by atoms with Gasteiger partial charge in [-0.3, -0.25) is 9.79 Å². The lowest BCUT2D eigenvalue weighted by Gasteiger charge is -2.35. The summed E-state index contributed by atoms with van der Waals surface area (Å²) in [5.74, 6) is 0.215. The summed E-state index contributed by atoms with van der Waals surface area (Å²) in [5, 5.41) is 1.08. The smallest absolute Gasteiger partial charge is 0.255 e. The van der Waals surface area contributed by atoms with E-state index in [4.69, 9.17) is 0 Å². The fourth-order valence-electron chi connectivity index (χ4n) is 4.63. The summed E-state index contributed by atoms with van der Waals surface area (Å²) >= 11 is 0. The van der Waals surface area contributed by atoms with Crippen LogP contribution in [0.1, 0.15) is 48.2 Å². The van der Waals surface area contributed by atoms with Crippen molar-refractivity contribution in [2.24, 2.45) is 12.0 Å². The topological polar surface area (TPSA) is 37.6 Å². The van der Waals surface area contributed by atoms with E-state index >= 15 is 0 Å². The minimum atomic E-state index is 0.215. The van der Waals surface area contributed by atoms with E-state index in [1.165, 1.54) is 16.8 Å². The molecule has 1 aromatic heterocycles. The monoisotopic (exact) mass is 347 g/mol. The minimum Gasteiger partial charge on any atom is -0.348 e. The molecule has 134 valence electrons. The number of benzene rings is 1. The number of rotatable bonds is 3. The van der Waals surface area contributed by atoms with E-state index in [1.54, 1.807) is 0 Å². The Balaban J connectivity index is 1.52. The number of hydrogen-bond acceptors (Lipinski definition) is 2. The van der Waals surface area contributed by atoms with Gasteiger partial charge in [0.1, 0.15) is 0 Å². The fraction of sp³-hybridized carbons (Fsp3) is 0.455. The molecule has 1 aliphatic heterocycles. The first-order valence-corrected chi connectivity index (χ1v) is 9.72. The molecule has 4 heteroatoms. The van der Waals surface area contributed by atoms with Crippen molar-refractivity contribution in [3.63, 3.8) is 0 Å². The number of nitrogens with zero attached hydrogens (tertiary/aromatic N) is 3. The third-order valence-corrected chi connectivity index (χ3v) is 6.34. The maximum atomic E-state index is 13.6. The second kappa shape index (κ2) is 5.83.